The van der Waals surface area contributed by atoms with Gasteiger partial charge in [0.2, 0.25) is 0 Å². The number of likely N-dealkylation sites (N-methyl/N-ethyl adjacent to an activating group) is 1. The average molecular weight is 490 g/mol. The molecule has 6 heteroatoms. The van der Waals surface area contributed by atoms with Gasteiger partial charge in [0.25, 0.3) is 0 Å². The van der Waals surface area contributed by atoms with Gasteiger partial charge in [0.05, 0.1) is 59.5 Å². The predicted molar refractivity (Wildman–Crippen MR) is 143 cm³/mol. The SMILES string of the molecule is CCCCCCCCCCCCCCCCOCCOCCOCCOCCOCCN(C)C. The van der Waals surface area contributed by atoms with Gasteiger partial charge < -0.3 is 28.6 Å². The molecule has 34 heavy (non-hydrogen) atoms. The molecular weight excluding hydrogens is 430 g/mol. The lowest BCUT2D eigenvalue weighted by Crippen LogP contribution is -2.19. The van der Waals surface area contributed by atoms with Crippen LogP contribution in [0, 0.1) is 0 Å². The summed E-state index contributed by atoms with van der Waals surface area (Å²) in [7, 11) is 4.07. The van der Waals surface area contributed by atoms with Crippen LogP contribution >= 0.6 is 0 Å². The Morgan fingerprint density at radius 1 is 0.353 bits per heavy atom. The van der Waals surface area contributed by atoms with E-state index >= 15 is 0 Å². The Bertz CT molecular complexity index is 358. The van der Waals surface area contributed by atoms with Gasteiger partial charge in [-0.25, -0.2) is 0 Å². The Kier molecular flexibility index (Phi) is 30.6. The standard InChI is InChI=1S/C28H59NO5/c1-4-5-6-7-8-9-10-11-12-13-14-15-16-17-19-30-21-23-32-25-27-34-28-26-33-24-22-31-20-18-29(2)3/h4-28H2,1-3H3. The quantitative estimate of drug-likeness (QED) is 0.113. The second-order valence-corrected chi connectivity index (χ2v) is 9.46. The molecule has 6 nitrogen and oxygen atoms in total. The Labute approximate surface area is 212 Å². The van der Waals surface area contributed by atoms with Crippen LogP contribution in [0.25, 0.3) is 0 Å². The normalized spacial score (nSPS) is 11.6. The molecule has 0 atom stereocenters. The highest BCUT2D eigenvalue weighted by Crippen LogP contribution is 2.12. The maximum absolute atomic E-state index is 5.65. The molecule has 0 unspecified atom stereocenters. The van der Waals surface area contributed by atoms with Crippen LogP contribution < -0.4 is 0 Å². The van der Waals surface area contributed by atoms with Crippen LogP contribution in [0.15, 0.2) is 0 Å². The zero-order chi connectivity index (χ0) is 24.8. The van der Waals surface area contributed by atoms with Crippen molar-refractivity contribution in [2.75, 3.05) is 86.7 Å². The summed E-state index contributed by atoms with van der Waals surface area (Å²) in [6, 6.07) is 0. The Hall–Kier alpha value is -0.240. The van der Waals surface area contributed by atoms with Crippen molar-refractivity contribution in [2.45, 2.75) is 96.8 Å². The van der Waals surface area contributed by atoms with E-state index in [0.29, 0.717) is 52.9 Å². The first-order valence-electron chi connectivity index (χ1n) is 14.3. The maximum Gasteiger partial charge on any atom is 0.0701 e. The van der Waals surface area contributed by atoms with E-state index in [1.165, 1.54) is 89.9 Å². The van der Waals surface area contributed by atoms with E-state index in [9.17, 15) is 0 Å². The first-order chi connectivity index (χ1) is 16.8. The van der Waals surface area contributed by atoms with Crippen LogP contribution in [0.1, 0.15) is 96.8 Å². The van der Waals surface area contributed by atoms with Gasteiger partial charge in [0.1, 0.15) is 0 Å². The molecule has 0 N–H and O–H groups in total. The molecule has 0 saturated heterocycles. The molecular formula is C28H59NO5. The molecule has 0 amide bonds. The molecule has 0 rings (SSSR count). The van der Waals surface area contributed by atoms with Crippen LogP contribution in [-0.2, 0) is 23.7 Å². The summed E-state index contributed by atoms with van der Waals surface area (Å²) in [5.74, 6) is 0. The Balaban J connectivity index is 3.00. The highest BCUT2D eigenvalue weighted by atomic mass is 16.6. The van der Waals surface area contributed by atoms with Crippen LogP contribution in [0.2, 0.25) is 0 Å². The summed E-state index contributed by atoms with van der Waals surface area (Å²) in [6.07, 6.45) is 19.4. The molecule has 0 spiro atoms. The van der Waals surface area contributed by atoms with Crippen molar-refractivity contribution in [3.05, 3.63) is 0 Å². The highest BCUT2D eigenvalue weighted by Gasteiger charge is 1.96. The minimum absolute atomic E-state index is 0.594. The summed E-state index contributed by atoms with van der Waals surface area (Å²) >= 11 is 0. The van der Waals surface area contributed by atoms with Gasteiger partial charge in [-0.1, -0.05) is 90.4 Å². The highest BCUT2D eigenvalue weighted by molar-refractivity contribution is 4.49. The summed E-state index contributed by atoms with van der Waals surface area (Å²) in [5.41, 5.74) is 0. The van der Waals surface area contributed by atoms with Crippen LogP contribution in [0.5, 0.6) is 0 Å². The molecule has 0 aromatic carbocycles. The van der Waals surface area contributed by atoms with Crippen LogP contribution in [0.3, 0.4) is 0 Å². The average Bonchev–Trinajstić information content (AvgIpc) is 2.83. The number of ether oxygens (including phenoxy) is 5. The Morgan fingerprint density at radius 3 is 1.00 bits per heavy atom. The first kappa shape index (κ1) is 33.8. The number of hydrogen-bond donors (Lipinski definition) is 0. The van der Waals surface area contributed by atoms with Gasteiger partial charge in [-0.2, -0.15) is 0 Å². The third-order valence-electron chi connectivity index (χ3n) is 5.81. The third kappa shape index (κ3) is 31.8. The largest absolute Gasteiger partial charge is 0.379 e. The van der Waals surface area contributed by atoms with Crippen LogP contribution in [-0.4, -0.2) is 91.6 Å². The summed E-state index contributed by atoms with van der Waals surface area (Å²) < 4.78 is 27.6. The van der Waals surface area contributed by atoms with Crippen molar-refractivity contribution in [2.24, 2.45) is 0 Å². The third-order valence-corrected chi connectivity index (χ3v) is 5.81. The molecule has 0 aromatic heterocycles. The lowest BCUT2D eigenvalue weighted by Gasteiger charge is -2.10. The molecule has 0 aliphatic heterocycles. The number of nitrogens with zero attached hydrogens (tertiary/aromatic N) is 1. The smallest absolute Gasteiger partial charge is 0.0701 e. The van der Waals surface area contributed by atoms with Gasteiger partial charge >= 0.3 is 0 Å². The van der Waals surface area contributed by atoms with E-state index in [1.54, 1.807) is 0 Å². The summed E-state index contributed by atoms with van der Waals surface area (Å²) in [6.45, 7) is 9.79. The lowest BCUT2D eigenvalue weighted by molar-refractivity contribution is -0.0118. The molecule has 0 aliphatic rings. The minimum atomic E-state index is 0.594. The lowest BCUT2D eigenvalue weighted by atomic mass is 10.0. The van der Waals surface area contributed by atoms with Gasteiger partial charge in [-0.3, -0.25) is 0 Å². The maximum atomic E-state index is 5.65. The van der Waals surface area contributed by atoms with Gasteiger partial charge in [0.15, 0.2) is 0 Å². The Morgan fingerprint density at radius 2 is 0.647 bits per heavy atom. The van der Waals surface area contributed by atoms with E-state index in [4.69, 9.17) is 23.7 Å². The number of unbranched alkanes of at least 4 members (excludes halogenated alkanes) is 13. The fourth-order valence-electron chi connectivity index (χ4n) is 3.63. The fourth-order valence-corrected chi connectivity index (χ4v) is 3.63. The van der Waals surface area contributed by atoms with Crippen molar-refractivity contribution in [1.29, 1.82) is 0 Å². The molecule has 0 fully saturated rings. The second-order valence-electron chi connectivity index (χ2n) is 9.46. The molecule has 0 aromatic rings. The van der Waals surface area contributed by atoms with Crippen molar-refractivity contribution >= 4 is 0 Å². The van der Waals surface area contributed by atoms with E-state index in [2.05, 4.69) is 11.8 Å². The van der Waals surface area contributed by atoms with Crippen molar-refractivity contribution in [3.63, 3.8) is 0 Å². The molecule has 206 valence electrons. The predicted octanol–water partition coefficient (Wildman–Crippen LogP) is 6.11. The number of hydrogen-bond acceptors (Lipinski definition) is 6. The number of rotatable bonds is 30. The van der Waals surface area contributed by atoms with Crippen molar-refractivity contribution < 1.29 is 23.7 Å². The van der Waals surface area contributed by atoms with Crippen molar-refractivity contribution in [3.8, 4) is 0 Å². The van der Waals surface area contributed by atoms with Crippen molar-refractivity contribution in [1.82, 2.24) is 4.90 Å². The van der Waals surface area contributed by atoms with E-state index in [0.717, 1.165) is 19.8 Å². The van der Waals surface area contributed by atoms with E-state index in [-0.39, 0.29) is 0 Å². The van der Waals surface area contributed by atoms with Gasteiger partial charge in [0, 0.05) is 13.2 Å². The zero-order valence-corrected chi connectivity index (χ0v) is 23.2. The van der Waals surface area contributed by atoms with Gasteiger partial charge in [-0.05, 0) is 20.5 Å². The topological polar surface area (TPSA) is 49.4 Å². The fraction of sp³-hybridized carbons (Fsp3) is 1.00. The van der Waals surface area contributed by atoms with Gasteiger partial charge in [-0.15, -0.1) is 0 Å². The minimum Gasteiger partial charge on any atom is -0.379 e. The molecule has 0 heterocycles. The molecule has 0 radical (unpaired) electrons. The first-order valence-corrected chi connectivity index (χ1v) is 14.3. The monoisotopic (exact) mass is 489 g/mol. The van der Waals surface area contributed by atoms with E-state index in [1.807, 2.05) is 14.1 Å². The molecule has 0 aliphatic carbocycles. The molecule has 0 bridgehead atoms. The van der Waals surface area contributed by atoms with E-state index < -0.39 is 0 Å². The second kappa shape index (κ2) is 30.8. The zero-order valence-electron chi connectivity index (χ0n) is 23.2. The van der Waals surface area contributed by atoms with Crippen LogP contribution in [0.4, 0.5) is 0 Å². The molecule has 0 saturated carbocycles. The summed E-state index contributed by atoms with van der Waals surface area (Å²) in [4.78, 5) is 2.10. The summed E-state index contributed by atoms with van der Waals surface area (Å²) in [5, 5.41) is 0.